The first-order valence-electron chi connectivity index (χ1n) is 14.7. The van der Waals surface area contributed by atoms with Crippen LogP contribution < -0.4 is 25.7 Å². The number of aromatic nitrogens is 3. The zero-order valence-corrected chi connectivity index (χ0v) is 28.1. The van der Waals surface area contributed by atoms with E-state index in [0.717, 1.165) is 50.0 Å². The van der Waals surface area contributed by atoms with E-state index in [9.17, 15) is 14.4 Å². The number of ether oxygens (including phenoxy) is 2. The van der Waals surface area contributed by atoms with Crippen LogP contribution in [-0.4, -0.2) is 55.0 Å². The number of rotatable bonds is 5. The number of allylic oxidation sites excluding steroid dienone is 2. The van der Waals surface area contributed by atoms with E-state index in [1.807, 2.05) is 52.8 Å². The Balaban J connectivity index is 0.00000400. The van der Waals surface area contributed by atoms with E-state index in [0.29, 0.717) is 40.2 Å². The van der Waals surface area contributed by atoms with Gasteiger partial charge >= 0.3 is 35.0 Å². The van der Waals surface area contributed by atoms with Crippen LogP contribution in [0.25, 0.3) is 35.2 Å². The summed E-state index contributed by atoms with van der Waals surface area (Å²) in [4.78, 5) is 54.3. The summed E-state index contributed by atoms with van der Waals surface area (Å²) in [6.07, 6.45) is 8.18. The van der Waals surface area contributed by atoms with Crippen LogP contribution in [0.1, 0.15) is 80.7 Å². The molecule has 3 aliphatic rings. The van der Waals surface area contributed by atoms with Gasteiger partial charge in [0.1, 0.15) is 5.92 Å². The van der Waals surface area contributed by atoms with Gasteiger partial charge in [-0.05, 0) is 51.5 Å². The molecule has 0 saturated carbocycles. The fourth-order valence-corrected chi connectivity index (χ4v) is 6.65. The number of ketones is 1. The molecule has 1 saturated heterocycles. The second-order valence-corrected chi connectivity index (χ2v) is 11.7. The van der Waals surface area contributed by atoms with E-state index < -0.39 is 11.9 Å². The van der Waals surface area contributed by atoms with E-state index in [-0.39, 0.29) is 53.1 Å². The van der Waals surface area contributed by atoms with Gasteiger partial charge in [0.05, 0.1) is 14.2 Å². The fraction of sp³-hybridized carbons (Fsp3) is 0.343. The molecule has 0 unspecified atom stereocenters. The summed E-state index contributed by atoms with van der Waals surface area (Å²) in [5, 5.41) is 6.63. The molecule has 0 spiro atoms. The molecule has 2 aliphatic heterocycles. The molecule has 8 bridgehead atoms. The summed E-state index contributed by atoms with van der Waals surface area (Å²) in [7, 11) is 2.63. The van der Waals surface area contributed by atoms with Crippen LogP contribution in [-0.2, 0) is 19.1 Å². The van der Waals surface area contributed by atoms with Crippen molar-refractivity contribution in [3.05, 3.63) is 90.1 Å². The number of carbonyl (C=O) groups excluding carboxylic acids is 3. The first kappa shape index (κ1) is 32.4. The number of fused-ring (bicyclic) bond motifs is 7. The maximum atomic E-state index is 14.0. The SMILES string of the molecule is C=Cc1c2[n-]c(c1C)/C=C1\[N-]/C(=C3\c4[n-]c(c(C)c4C(=O)[C@@H]3C(=O)OC)/C=c3\[n-]/c(c(C)c3C)=C\2)[C@@H](CCC(=O)OC)[C@@H]1C.[Mg+2]. The molecule has 5 heterocycles. The van der Waals surface area contributed by atoms with Gasteiger partial charge in [0, 0.05) is 12.0 Å². The predicted molar refractivity (Wildman–Crippen MR) is 172 cm³/mol. The summed E-state index contributed by atoms with van der Waals surface area (Å²) in [6.45, 7) is 14.0. The standard InChI is InChI=1S/C35H35N4O5.Mg/c1-9-20-17(4)24-13-25-18(5)21(10-11-28(40)43-7)32(38-25)30-31(35(42)44-8)34(41)29-19(6)26(39-33(29)30)12-22-15(2)16(3)23(36-22)14-27(20)37-24;/h9,12-14,18,21,31H,1,10-11H2,2-8H3,(H-,38,39,41);/q-3;+2/p-1/b22-12-,23-14-,25-13-;/t18-,21-,31+;/m0./s1. The monoisotopic (exact) mass is 614 g/mol. The van der Waals surface area contributed by atoms with Crippen molar-refractivity contribution in [3.8, 4) is 0 Å². The Hall–Kier alpha value is -4.02. The van der Waals surface area contributed by atoms with E-state index in [2.05, 4.69) is 6.58 Å². The molecule has 0 amide bonds. The van der Waals surface area contributed by atoms with Gasteiger partial charge in [-0.15, -0.1) is 33.5 Å². The van der Waals surface area contributed by atoms with Gasteiger partial charge in [-0.2, -0.15) is 11.4 Å². The first-order valence-corrected chi connectivity index (χ1v) is 14.7. The number of hydrogen-bond donors (Lipinski definition) is 0. The number of methoxy groups -OCH3 is 2. The Morgan fingerprint density at radius 2 is 1.53 bits per heavy atom. The van der Waals surface area contributed by atoms with Crippen LogP contribution in [0.4, 0.5) is 0 Å². The Bertz CT molecular complexity index is 1970. The minimum absolute atomic E-state index is 0. The Morgan fingerprint density at radius 1 is 0.889 bits per heavy atom. The van der Waals surface area contributed by atoms with Crippen LogP contribution in [0.5, 0.6) is 0 Å². The minimum Gasteiger partial charge on any atom is -0.664 e. The maximum absolute atomic E-state index is 14.0. The molecule has 0 radical (unpaired) electrons. The van der Waals surface area contributed by atoms with Crippen molar-refractivity contribution in [1.29, 1.82) is 0 Å². The molecule has 0 N–H and O–H groups in total. The topological polar surface area (TPSA) is 126 Å². The smallest absolute Gasteiger partial charge is 0.664 e. The number of hydrogen-bond acceptors (Lipinski definition) is 5. The van der Waals surface area contributed by atoms with E-state index in [1.54, 1.807) is 6.08 Å². The van der Waals surface area contributed by atoms with Gasteiger partial charge in [0.15, 0.2) is 5.78 Å². The third-order valence-electron chi connectivity index (χ3n) is 9.46. The normalized spacial score (nSPS) is 23.9. The average Bonchev–Trinajstić information content (AvgIpc) is 3.74. The molecule has 10 heteroatoms. The maximum Gasteiger partial charge on any atom is 2.00 e. The molecule has 45 heavy (non-hydrogen) atoms. The third-order valence-corrected chi connectivity index (χ3v) is 9.46. The average molecular weight is 615 g/mol. The van der Waals surface area contributed by atoms with Crippen LogP contribution >= 0.6 is 0 Å². The number of esters is 2. The predicted octanol–water partition coefficient (Wildman–Crippen LogP) is 3.36. The quantitative estimate of drug-likeness (QED) is 0.243. The van der Waals surface area contributed by atoms with Crippen molar-refractivity contribution < 1.29 is 23.9 Å². The van der Waals surface area contributed by atoms with Gasteiger partial charge in [0.2, 0.25) is 0 Å². The molecular weight excluding hydrogens is 581 g/mol. The summed E-state index contributed by atoms with van der Waals surface area (Å²) in [6, 6.07) is 0. The molecule has 3 atom stereocenters. The fourth-order valence-electron chi connectivity index (χ4n) is 6.65. The molecule has 1 aliphatic carbocycles. The zero-order valence-electron chi connectivity index (χ0n) is 26.7. The number of Topliss-reactive ketones (excluding diaryl/α,β-unsaturated/α-hetero) is 1. The van der Waals surface area contributed by atoms with Crippen molar-refractivity contribution in [2.45, 2.75) is 47.5 Å². The molecule has 6 rings (SSSR count). The van der Waals surface area contributed by atoms with Gasteiger partial charge in [-0.1, -0.05) is 65.6 Å². The second kappa shape index (κ2) is 12.1. The molecule has 1 fully saturated rings. The molecule has 3 aromatic rings. The molecular formula is C35H34MgN4O5-2. The van der Waals surface area contributed by atoms with E-state index in [4.69, 9.17) is 29.7 Å². The summed E-state index contributed by atoms with van der Waals surface area (Å²) >= 11 is 0. The third kappa shape index (κ3) is 5.04. The molecule has 3 aromatic heterocycles. The zero-order chi connectivity index (χ0) is 31.6. The Kier molecular flexibility index (Phi) is 8.67. The van der Waals surface area contributed by atoms with Crippen LogP contribution in [0.3, 0.4) is 0 Å². The van der Waals surface area contributed by atoms with Crippen molar-refractivity contribution in [1.82, 2.24) is 15.0 Å². The van der Waals surface area contributed by atoms with Crippen molar-refractivity contribution >= 4 is 70.7 Å². The largest absolute Gasteiger partial charge is 2.00 e. The van der Waals surface area contributed by atoms with Crippen molar-refractivity contribution in [2.24, 2.45) is 17.8 Å². The molecule has 9 nitrogen and oxygen atoms in total. The summed E-state index contributed by atoms with van der Waals surface area (Å²) in [5.74, 6) is -3.02. The summed E-state index contributed by atoms with van der Waals surface area (Å²) in [5.41, 5.74) is 9.22. The molecule has 0 aromatic carbocycles. The van der Waals surface area contributed by atoms with Crippen LogP contribution in [0.15, 0.2) is 18.0 Å². The first-order chi connectivity index (χ1) is 21.0. The Labute approximate surface area is 278 Å². The number of nitrogens with zero attached hydrogens (tertiary/aromatic N) is 4. The van der Waals surface area contributed by atoms with E-state index in [1.165, 1.54) is 14.2 Å². The molecule has 228 valence electrons. The Morgan fingerprint density at radius 3 is 2.16 bits per heavy atom. The number of carbonyl (C=O) groups is 3. The van der Waals surface area contributed by atoms with Gasteiger partial charge in [-0.3, -0.25) is 14.4 Å². The van der Waals surface area contributed by atoms with Crippen LogP contribution in [0.2, 0.25) is 0 Å². The summed E-state index contributed by atoms with van der Waals surface area (Å²) < 4.78 is 10.1. The van der Waals surface area contributed by atoms with E-state index >= 15 is 0 Å². The van der Waals surface area contributed by atoms with Gasteiger partial charge < -0.3 is 29.7 Å². The van der Waals surface area contributed by atoms with Gasteiger partial charge in [0.25, 0.3) is 0 Å². The minimum atomic E-state index is -1.20. The van der Waals surface area contributed by atoms with Crippen molar-refractivity contribution in [3.63, 3.8) is 0 Å². The van der Waals surface area contributed by atoms with Crippen molar-refractivity contribution in [2.75, 3.05) is 14.2 Å². The van der Waals surface area contributed by atoms with Crippen LogP contribution in [0, 0.1) is 45.4 Å². The second-order valence-electron chi connectivity index (χ2n) is 11.7. The van der Waals surface area contributed by atoms with Gasteiger partial charge in [-0.25, -0.2) is 0 Å².